The van der Waals surface area contributed by atoms with E-state index in [1.54, 1.807) is 24.3 Å². The maximum absolute atomic E-state index is 12.8. The van der Waals surface area contributed by atoms with Crippen LogP contribution in [0.5, 0.6) is 17.2 Å². The quantitative estimate of drug-likeness (QED) is 0.459. The fraction of sp³-hybridized carbons (Fsp3) is 0.115. The van der Waals surface area contributed by atoms with Crippen molar-refractivity contribution in [2.45, 2.75) is 19.6 Å². The number of Topliss-reactive ketones (excluding diaryl/α,β-unsaturated/α-hetero) is 1. The maximum atomic E-state index is 12.8. The minimum absolute atomic E-state index is 0.150. The molecule has 31 heavy (non-hydrogen) atoms. The number of rotatable bonds is 4. The number of carbonyl (C=O) groups excluding carboxylic acids is 1. The second-order valence-electron chi connectivity index (χ2n) is 7.46. The Labute approximate surface area is 185 Å². The summed E-state index contributed by atoms with van der Waals surface area (Å²) in [5.41, 5.74) is 3.34. The van der Waals surface area contributed by atoms with Gasteiger partial charge >= 0.3 is 0 Å². The first-order chi connectivity index (χ1) is 15.1. The zero-order chi connectivity index (χ0) is 21.4. The second-order valence-corrected chi connectivity index (χ2v) is 7.90. The summed E-state index contributed by atoms with van der Waals surface area (Å²) < 4.78 is 17.7. The Bertz CT molecular complexity index is 1240. The van der Waals surface area contributed by atoms with Crippen molar-refractivity contribution in [2.75, 3.05) is 0 Å². The first-order valence-corrected chi connectivity index (χ1v) is 10.4. The van der Waals surface area contributed by atoms with Gasteiger partial charge in [-0.2, -0.15) is 0 Å². The van der Waals surface area contributed by atoms with Crippen LogP contribution in [-0.2, 0) is 6.61 Å². The molecule has 2 aliphatic heterocycles. The third kappa shape index (κ3) is 3.94. The van der Waals surface area contributed by atoms with Crippen LogP contribution >= 0.6 is 11.6 Å². The monoisotopic (exact) mass is 430 g/mol. The van der Waals surface area contributed by atoms with Crippen LogP contribution < -0.4 is 14.2 Å². The van der Waals surface area contributed by atoms with Gasteiger partial charge in [-0.1, -0.05) is 41.9 Å². The van der Waals surface area contributed by atoms with Crippen LogP contribution in [0.1, 0.15) is 28.4 Å². The number of benzene rings is 3. The predicted molar refractivity (Wildman–Crippen MR) is 120 cm³/mol. The average Bonchev–Trinajstić information content (AvgIpc) is 3.07. The molecule has 5 heteroatoms. The molecule has 0 fully saturated rings. The number of halogens is 1. The molecule has 2 heterocycles. The Balaban J connectivity index is 1.36. The lowest BCUT2D eigenvalue weighted by Crippen LogP contribution is -2.18. The first-order valence-electron chi connectivity index (χ1n) is 10.00. The molecule has 0 saturated heterocycles. The summed E-state index contributed by atoms with van der Waals surface area (Å²) in [6.45, 7) is 2.32. The number of ketones is 1. The van der Waals surface area contributed by atoms with Gasteiger partial charge in [0.15, 0.2) is 5.76 Å². The van der Waals surface area contributed by atoms with Gasteiger partial charge in [0.25, 0.3) is 0 Å². The third-order valence-electron chi connectivity index (χ3n) is 5.25. The predicted octanol–water partition coefficient (Wildman–Crippen LogP) is 6.24. The van der Waals surface area contributed by atoms with Crippen molar-refractivity contribution in [3.05, 3.63) is 106 Å². The molecule has 3 aromatic rings. The Morgan fingerprint density at radius 2 is 1.90 bits per heavy atom. The highest BCUT2D eigenvalue weighted by Crippen LogP contribution is 2.36. The van der Waals surface area contributed by atoms with Crippen molar-refractivity contribution in [2.24, 2.45) is 0 Å². The number of ether oxygens (including phenoxy) is 3. The van der Waals surface area contributed by atoms with Gasteiger partial charge in [-0.05, 0) is 60.5 Å². The molecule has 4 nitrogen and oxygen atoms in total. The van der Waals surface area contributed by atoms with Crippen LogP contribution in [0.2, 0.25) is 5.02 Å². The van der Waals surface area contributed by atoms with Crippen LogP contribution in [0.15, 0.2) is 84.1 Å². The fourth-order valence-electron chi connectivity index (χ4n) is 3.62. The Morgan fingerprint density at radius 3 is 2.77 bits per heavy atom. The molecule has 5 rings (SSSR count). The molecule has 2 aliphatic rings. The molecule has 0 radical (unpaired) electrons. The van der Waals surface area contributed by atoms with Gasteiger partial charge in [0.1, 0.15) is 30.0 Å². The van der Waals surface area contributed by atoms with Gasteiger partial charge in [-0.15, -0.1) is 0 Å². The number of hydrogen-bond acceptors (Lipinski definition) is 4. The Kier molecular flexibility index (Phi) is 5.00. The highest BCUT2D eigenvalue weighted by molar-refractivity contribution is 6.30. The minimum atomic E-state index is -0.181. The topological polar surface area (TPSA) is 44.8 Å². The SMILES string of the molecule is C[C@H]1Oc2ccccc2C=C1C=C1Oc2cc(OCc3cccc(Cl)c3)ccc2C1=O. The lowest BCUT2D eigenvalue weighted by molar-refractivity contribution is 0.101. The molecule has 0 spiro atoms. The van der Waals surface area contributed by atoms with Gasteiger partial charge in [0.05, 0.1) is 5.56 Å². The van der Waals surface area contributed by atoms with Crippen molar-refractivity contribution < 1.29 is 19.0 Å². The van der Waals surface area contributed by atoms with Crippen molar-refractivity contribution in [1.82, 2.24) is 0 Å². The van der Waals surface area contributed by atoms with Gasteiger partial charge < -0.3 is 14.2 Å². The standard InChI is InChI=1S/C26H19ClO4/c1-16-19(12-18-6-2-3-8-23(18)30-16)13-25-26(28)22-10-9-21(14-24(22)31-25)29-15-17-5-4-7-20(27)11-17/h2-14,16H,15H2,1H3/t16-/m1/s1. The summed E-state index contributed by atoms with van der Waals surface area (Å²) in [7, 11) is 0. The van der Waals surface area contributed by atoms with E-state index in [2.05, 4.69) is 0 Å². The smallest absolute Gasteiger partial charge is 0.231 e. The van der Waals surface area contributed by atoms with Crippen molar-refractivity contribution >= 4 is 23.5 Å². The number of carbonyl (C=O) groups is 1. The van der Waals surface area contributed by atoms with E-state index in [1.165, 1.54) is 0 Å². The van der Waals surface area contributed by atoms with Crippen LogP contribution in [0.25, 0.3) is 6.08 Å². The van der Waals surface area contributed by atoms with Crippen molar-refractivity contribution in [3.8, 4) is 17.2 Å². The molecule has 0 saturated carbocycles. The Morgan fingerprint density at radius 1 is 1.03 bits per heavy atom. The molecule has 0 bridgehead atoms. The molecule has 0 unspecified atom stereocenters. The van der Waals surface area contributed by atoms with Crippen LogP contribution in [0.3, 0.4) is 0 Å². The van der Waals surface area contributed by atoms with E-state index in [0.717, 1.165) is 22.4 Å². The second kappa shape index (κ2) is 7.97. The van der Waals surface area contributed by atoms with Gasteiger partial charge in [0, 0.05) is 16.7 Å². The summed E-state index contributed by atoms with van der Waals surface area (Å²) in [6, 6.07) is 20.6. The molecular weight excluding hydrogens is 412 g/mol. The van der Waals surface area contributed by atoms with E-state index in [1.807, 2.05) is 61.5 Å². The van der Waals surface area contributed by atoms with E-state index in [4.69, 9.17) is 25.8 Å². The fourth-order valence-corrected chi connectivity index (χ4v) is 3.84. The van der Waals surface area contributed by atoms with Crippen molar-refractivity contribution in [3.63, 3.8) is 0 Å². The van der Waals surface area contributed by atoms with Crippen LogP contribution in [-0.4, -0.2) is 11.9 Å². The number of hydrogen-bond donors (Lipinski definition) is 0. The van der Waals surface area contributed by atoms with Gasteiger partial charge in [-0.25, -0.2) is 0 Å². The molecule has 0 aliphatic carbocycles. The van der Waals surface area contributed by atoms with Gasteiger partial charge in [0.2, 0.25) is 5.78 Å². The van der Waals surface area contributed by atoms with Crippen molar-refractivity contribution in [1.29, 1.82) is 0 Å². The summed E-state index contributed by atoms with van der Waals surface area (Å²) in [5, 5.41) is 0.664. The van der Waals surface area contributed by atoms with Gasteiger partial charge in [-0.3, -0.25) is 4.79 Å². The lowest BCUT2D eigenvalue weighted by Gasteiger charge is -2.22. The molecule has 3 aromatic carbocycles. The molecule has 0 N–H and O–H groups in total. The highest BCUT2D eigenvalue weighted by Gasteiger charge is 2.29. The summed E-state index contributed by atoms with van der Waals surface area (Å²) in [5.74, 6) is 2.08. The molecule has 0 amide bonds. The summed E-state index contributed by atoms with van der Waals surface area (Å²) >= 11 is 6.02. The Hall–Kier alpha value is -3.50. The van der Waals surface area contributed by atoms with E-state index in [9.17, 15) is 4.79 Å². The zero-order valence-corrected chi connectivity index (χ0v) is 17.6. The average molecular weight is 431 g/mol. The van der Waals surface area contributed by atoms with E-state index < -0.39 is 0 Å². The van der Waals surface area contributed by atoms with Crippen LogP contribution in [0.4, 0.5) is 0 Å². The normalized spacial score (nSPS) is 18.0. The minimum Gasteiger partial charge on any atom is -0.489 e. The third-order valence-corrected chi connectivity index (χ3v) is 5.48. The molecule has 0 aromatic heterocycles. The maximum Gasteiger partial charge on any atom is 0.231 e. The number of fused-ring (bicyclic) bond motifs is 2. The first kappa shape index (κ1) is 19.5. The molecular formula is C26H19ClO4. The van der Waals surface area contributed by atoms with E-state index >= 15 is 0 Å². The molecule has 1 atom stereocenters. The zero-order valence-electron chi connectivity index (χ0n) is 16.8. The summed E-state index contributed by atoms with van der Waals surface area (Å²) in [4.78, 5) is 12.8. The largest absolute Gasteiger partial charge is 0.489 e. The lowest BCUT2D eigenvalue weighted by atomic mass is 10.0. The number of para-hydroxylation sites is 1. The molecule has 154 valence electrons. The highest BCUT2D eigenvalue weighted by atomic mass is 35.5. The summed E-state index contributed by atoms with van der Waals surface area (Å²) in [6.07, 6.45) is 3.60. The van der Waals surface area contributed by atoms with E-state index in [0.29, 0.717) is 28.7 Å². The van der Waals surface area contributed by atoms with E-state index in [-0.39, 0.29) is 17.6 Å². The van der Waals surface area contributed by atoms with Crippen LogP contribution in [0, 0.1) is 0 Å². The number of allylic oxidation sites excluding steroid dienone is 1.